The fourth-order valence-corrected chi connectivity index (χ4v) is 3.15. The van der Waals surface area contributed by atoms with Crippen molar-refractivity contribution in [2.75, 3.05) is 14.2 Å². The molecule has 4 rings (SSSR count). The third-order valence-corrected chi connectivity index (χ3v) is 4.83. The van der Waals surface area contributed by atoms with Crippen molar-refractivity contribution >= 4 is 5.91 Å². The molecule has 0 unspecified atom stereocenters. The first-order valence-electron chi connectivity index (χ1n) is 9.76. The molecular weight excluding hydrogens is 413 g/mol. The van der Waals surface area contributed by atoms with Gasteiger partial charge in [0.05, 0.1) is 14.2 Å². The molecule has 8 heteroatoms. The predicted molar refractivity (Wildman–Crippen MR) is 116 cm³/mol. The monoisotopic (exact) mass is 433 g/mol. The summed E-state index contributed by atoms with van der Waals surface area (Å²) in [6.45, 7) is 0.263. The summed E-state index contributed by atoms with van der Waals surface area (Å²) in [5.41, 5.74) is 2.45. The van der Waals surface area contributed by atoms with E-state index in [0.29, 0.717) is 34.0 Å². The quantitative estimate of drug-likeness (QED) is 0.462. The summed E-state index contributed by atoms with van der Waals surface area (Å²) in [6, 6.07) is 18.0. The maximum atomic E-state index is 13.1. The normalized spacial score (nSPS) is 10.6. The molecule has 1 N–H and O–H groups in total. The molecule has 1 aromatic heterocycles. The lowest BCUT2D eigenvalue weighted by molar-refractivity contribution is 0.0950. The van der Waals surface area contributed by atoms with E-state index in [1.807, 2.05) is 6.07 Å². The fourth-order valence-electron chi connectivity index (χ4n) is 3.15. The molecule has 0 saturated heterocycles. The molecule has 0 aliphatic carbocycles. The van der Waals surface area contributed by atoms with Crippen LogP contribution in [0.5, 0.6) is 11.5 Å². The Kier molecular flexibility index (Phi) is 6.12. The first-order valence-corrected chi connectivity index (χ1v) is 9.76. The van der Waals surface area contributed by atoms with Gasteiger partial charge in [0, 0.05) is 28.8 Å². The summed E-state index contributed by atoms with van der Waals surface area (Å²) in [6.07, 6.45) is 0. The lowest BCUT2D eigenvalue weighted by Gasteiger charge is -2.11. The van der Waals surface area contributed by atoms with Crippen LogP contribution in [0.3, 0.4) is 0 Å². The zero-order valence-electron chi connectivity index (χ0n) is 17.5. The van der Waals surface area contributed by atoms with Crippen LogP contribution in [0.15, 0.2) is 71.3 Å². The smallest absolute Gasteiger partial charge is 0.258 e. The Bertz CT molecular complexity index is 1240. The molecule has 1 amide bonds. The Hall–Kier alpha value is -4.20. The highest BCUT2D eigenvalue weighted by Crippen LogP contribution is 2.25. The number of carbonyl (C=O) groups is 1. The molecular formula is C24H20FN3O4. The number of halogens is 1. The minimum atomic E-state index is -0.345. The highest BCUT2D eigenvalue weighted by Gasteiger charge is 2.14. The lowest BCUT2D eigenvalue weighted by atomic mass is 10.1. The van der Waals surface area contributed by atoms with Gasteiger partial charge in [-0.2, -0.15) is 4.98 Å². The fraction of sp³-hybridized carbons (Fsp3) is 0.125. The first-order chi connectivity index (χ1) is 15.6. The Morgan fingerprint density at radius 3 is 2.56 bits per heavy atom. The number of methoxy groups -OCH3 is 2. The van der Waals surface area contributed by atoms with Gasteiger partial charge >= 0.3 is 0 Å². The van der Waals surface area contributed by atoms with Gasteiger partial charge in [-0.05, 0) is 60.7 Å². The summed E-state index contributed by atoms with van der Waals surface area (Å²) in [7, 11) is 3.15. The molecule has 1 heterocycles. The van der Waals surface area contributed by atoms with E-state index >= 15 is 0 Å². The van der Waals surface area contributed by atoms with Crippen LogP contribution in [-0.4, -0.2) is 30.3 Å². The van der Waals surface area contributed by atoms with Gasteiger partial charge in [-0.15, -0.1) is 0 Å². The highest BCUT2D eigenvalue weighted by molar-refractivity contribution is 5.95. The van der Waals surface area contributed by atoms with Crippen molar-refractivity contribution in [3.05, 3.63) is 83.7 Å². The predicted octanol–water partition coefficient (Wildman–Crippen LogP) is 4.49. The van der Waals surface area contributed by atoms with Crippen LogP contribution in [0.2, 0.25) is 0 Å². The van der Waals surface area contributed by atoms with Crippen LogP contribution in [0.25, 0.3) is 22.8 Å². The van der Waals surface area contributed by atoms with E-state index in [-0.39, 0.29) is 24.2 Å². The Labute approximate surface area is 183 Å². The number of hydrogen-bond acceptors (Lipinski definition) is 6. The van der Waals surface area contributed by atoms with Crippen LogP contribution in [-0.2, 0) is 6.54 Å². The van der Waals surface area contributed by atoms with Gasteiger partial charge in [0.2, 0.25) is 5.82 Å². The van der Waals surface area contributed by atoms with Crippen molar-refractivity contribution in [2.45, 2.75) is 6.54 Å². The third-order valence-electron chi connectivity index (χ3n) is 4.83. The van der Waals surface area contributed by atoms with Gasteiger partial charge in [0.15, 0.2) is 0 Å². The van der Waals surface area contributed by atoms with E-state index in [1.54, 1.807) is 62.8 Å². The van der Waals surface area contributed by atoms with Gasteiger partial charge in [-0.3, -0.25) is 4.79 Å². The van der Waals surface area contributed by atoms with E-state index in [2.05, 4.69) is 15.5 Å². The minimum Gasteiger partial charge on any atom is -0.497 e. The number of benzene rings is 3. The van der Waals surface area contributed by atoms with Crippen molar-refractivity contribution in [3.8, 4) is 34.3 Å². The number of aromatic nitrogens is 2. The average molecular weight is 433 g/mol. The maximum absolute atomic E-state index is 13.1. The number of ether oxygens (including phenoxy) is 2. The van der Waals surface area contributed by atoms with E-state index in [4.69, 9.17) is 14.0 Å². The Morgan fingerprint density at radius 1 is 1.00 bits per heavy atom. The number of hydrogen-bond donors (Lipinski definition) is 1. The largest absolute Gasteiger partial charge is 0.497 e. The van der Waals surface area contributed by atoms with E-state index in [0.717, 1.165) is 5.56 Å². The molecule has 0 bridgehead atoms. The van der Waals surface area contributed by atoms with Gasteiger partial charge in [-0.1, -0.05) is 11.2 Å². The summed E-state index contributed by atoms with van der Waals surface area (Å²) >= 11 is 0. The molecule has 4 aromatic rings. The van der Waals surface area contributed by atoms with E-state index < -0.39 is 0 Å². The molecule has 0 radical (unpaired) electrons. The van der Waals surface area contributed by atoms with Gasteiger partial charge in [-0.25, -0.2) is 4.39 Å². The maximum Gasteiger partial charge on any atom is 0.258 e. The second-order valence-electron chi connectivity index (χ2n) is 6.87. The third kappa shape index (κ3) is 4.59. The molecule has 0 spiro atoms. The highest BCUT2D eigenvalue weighted by atomic mass is 19.1. The standard InChI is InChI=1S/C24H20FN3O4/c1-30-20-10-11-21(31-2)18(13-20)14-26-23(29)16-4-3-5-17(12-16)24-27-22(28-32-24)15-6-8-19(25)9-7-15/h3-13H,14H2,1-2H3,(H,26,29). The average Bonchev–Trinajstić information content (AvgIpc) is 3.33. The van der Waals surface area contributed by atoms with Gasteiger partial charge in [0.1, 0.15) is 17.3 Å². The van der Waals surface area contributed by atoms with Crippen molar-refractivity contribution in [2.24, 2.45) is 0 Å². The molecule has 0 aliphatic rings. The van der Waals surface area contributed by atoms with Gasteiger partial charge < -0.3 is 19.3 Å². The molecule has 7 nitrogen and oxygen atoms in total. The van der Waals surface area contributed by atoms with Crippen LogP contribution in [0.1, 0.15) is 15.9 Å². The van der Waals surface area contributed by atoms with Crippen LogP contribution >= 0.6 is 0 Å². The lowest BCUT2D eigenvalue weighted by Crippen LogP contribution is -2.23. The number of nitrogens with one attached hydrogen (secondary N) is 1. The number of rotatable bonds is 7. The molecule has 0 aliphatic heterocycles. The van der Waals surface area contributed by atoms with Crippen LogP contribution in [0, 0.1) is 5.82 Å². The topological polar surface area (TPSA) is 86.5 Å². The van der Waals surface area contributed by atoms with Crippen LogP contribution < -0.4 is 14.8 Å². The molecule has 0 saturated carbocycles. The SMILES string of the molecule is COc1ccc(OC)c(CNC(=O)c2cccc(-c3nc(-c4ccc(F)cc4)no3)c2)c1. The zero-order valence-corrected chi connectivity index (χ0v) is 17.5. The summed E-state index contributed by atoms with van der Waals surface area (Å²) in [5.74, 6) is 1.30. The second kappa shape index (κ2) is 9.30. The van der Waals surface area contributed by atoms with E-state index in [9.17, 15) is 9.18 Å². The first kappa shape index (κ1) is 21.0. The number of nitrogens with zero attached hydrogens (tertiary/aromatic N) is 2. The number of amides is 1. The second-order valence-corrected chi connectivity index (χ2v) is 6.87. The minimum absolute atomic E-state index is 0.258. The molecule has 0 atom stereocenters. The van der Waals surface area contributed by atoms with Crippen molar-refractivity contribution in [1.29, 1.82) is 0 Å². The summed E-state index contributed by atoms with van der Waals surface area (Å²) in [4.78, 5) is 17.1. The summed E-state index contributed by atoms with van der Waals surface area (Å²) in [5, 5.41) is 6.82. The Morgan fingerprint density at radius 2 is 1.81 bits per heavy atom. The van der Waals surface area contributed by atoms with Crippen molar-refractivity contribution < 1.29 is 23.2 Å². The van der Waals surface area contributed by atoms with Gasteiger partial charge in [0.25, 0.3) is 11.8 Å². The van der Waals surface area contributed by atoms with Crippen LogP contribution in [0.4, 0.5) is 4.39 Å². The summed E-state index contributed by atoms with van der Waals surface area (Å²) < 4.78 is 29.1. The Balaban J connectivity index is 1.50. The molecule has 3 aromatic carbocycles. The number of carbonyl (C=O) groups excluding carboxylic acids is 1. The molecule has 32 heavy (non-hydrogen) atoms. The van der Waals surface area contributed by atoms with E-state index in [1.165, 1.54) is 12.1 Å². The molecule has 162 valence electrons. The zero-order chi connectivity index (χ0) is 22.5. The van der Waals surface area contributed by atoms with Crippen molar-refractivity contribution in [1.82, 2.24) is 15.5 Å². The molecule has 0 fully saturated rings. The van der Waals surface area contributed by atoms with Crippen molar-refractivity contribution in [3.63, 3.8) is 0 Å².